The van der Waals surface area contributed by atoms with E-state index in [4.69, 9.17) is 9.47 Å². The van der Waals surface area contributed by atoms with Gasteiger partial charge in [0.1, 0.15) is 24.1 Å². The van der Waals surface area contributed by atoms with Crippen molar-refractivity contribution >= 4 is 5.91 Å². The zero-order chi connectivity index (χ0) is 14.1. The Bertz CT molecular complexity index is 510. The quantitative estimate of drug-likeness (QED) is 0.819. The molecule has 2 N–H and O–H groups in total. The Kier molecular flexibility index (Phi) is 3.69. The van der Waals surface area contributed by atoms with E-state index in [-0.39, 0.29) is 37.2 Å². The summed E-state index contributed by atoms with van der Waals surface area (Å²) >= 11 is 0. The maximum atomic E-state index is 13.5. The number of amides is 1. The van der Waals surface area contributed by atoms with Gasteiger partial charge < -0.3 is 19.9 Å². The average Bonchev–Trinajstić information content (AvgIpc) is 2.97. The monoisotopic (exact) mass is 281 g/mol. The second-order valence-electron chi connectivity index (χ2n) is 5.11. The number of aliphatic hydroxyl groups is 1. The standard InChI is InChI=1S/C14H16FNO4/c15-9-4-2-1-3-8(9)5-12(18)16-10-6-19-14-11(17)7-20-13(10)14/h1-4,10-11,13-14,17H,5-7H2,(H,16,18)/t10-,11+,13+,14+/m0/s1. The van der Waals surface area contributed by atoms with Gasteiger partial charge in [0.15, 0.2) is 0 Å². The van der Waals surface area contributed by atoms with Crippen molar-refractivity contribution in [2.75, 3.05) is 13.2 Å². The van der Waals surface area contributed by atoms with Gasteiger partial charge in [0, 0.05) is 0 Å². The van der Waals surface area contributed by atoms with Crippen molar-refractivity contribution in [3.8, 4) is 0 Å². The highest BCUT2D eigenvalue weighted by atomic mass is 19.1. The van der Waals surface area contributed by atoms with Crippen LogP contribution in [0.4, 0.5) is 4.39 Å². The maximum absolute atomic E-state index is 13.5. The minimum absolute atomic E-state index is 0.0247. The van der Waals surface area contributed by atoms with Crippen LogP contribution in [-0.2, 0) is 20.7 Å². The van der Waals surface area contributed by atoms with Crippen molar-refractivity contribution in [2.45, 2.75) is 30.8 Å². The van der Waals surface area contributed by atoms with Crippen LogP contribution in [0, 0.1) is 5.82 Å². The Morgan fingerprint density at radius 3 is 2.85 bits per heavy atom. The first kappa shape index (κ1) is 13.5. The number of benzene rings is 1. The number of carbonyl (C=O) groups is 1. The lowest BCUT2D eigenvalue weighted by Crippen LogP contribution is -2.44. The van der Waals surface area contributed by atoms with Gasteiger partial charge in [0.2, 0.25) is 5.91 Å². The van der Waals surface area contributed by atoms with Gasteiger partial charge in [0.25, 0.3) is 0 Å². The molecule has 2 aliphatic heterocycles. The first-order valence-electron chi connectivity index (χ1n) is 6.59. The van der Waals surface area contributed by atoms with E-state index < -0.39 is 11.9 Å². The lowest BCUT2D eigenvalue weighted by Gasteiger charge is -2.17. The summed E-state index contributed by atoms with van der Waals surface area (Å²) in [6.07, 6.45) is -1.37. The van der Waals surface area contributed by atoms with E-state index in [1.807, 2.05) is 0 Å². The third-order valence-electron chi connectivity index (χ3n) is 3.68. The normalized spacial score (nSPS) is 32.1. The largest absolute Gasteiger partial charge is 0.388 e. The van der Waals surface area contributed by atoms with Gasteiger partial charge >= 0.3 is 0 Å². The summed E-state index contributed by atoms with van der Waals surface area (Å²) in [6, 6.07) is 5.89. The summed E-state index contributed by atoms with van der Waals surface area (Å²) in [4.78, 5) is 11.9. The fourth-order valence-electron chi connectivity index (χ4n) is 2.68. The number of ether oxygens (including phenoxy) is 2. The first-order valence-corrected chi connectivity index (χ1v) is 6.59. The number of halogens is 1. The van der Waals surface area contributed by atoms with E-state index in [9.17, 15) is 14.3 Å². The van der Waals surface area contributed by atoms with Gasteiger partial charge in [-0.25, -0.2) is 4.39 Å². The van der Waals surface area contributed by atoms with Crippen LogP contribution in [0.5, 0.6) is 0 Å². The molecule has 0 aromatic heterocycles. The van der Waals surface area contributed by atoms with Crippen LogP contribution in [0.2, 0.25) is 0 Å². The second-order valence-corrected chi connectivity index (χ2v) is 5.11. The van der Waals surface area contributed by atoms with E-state index in [1.54, 1.807) is 18.2 Å². The molecule has 0 radical (unpaired) electrons. The van der Waals surface area contributed by atoms with E-state index in [0.29, 0.717) is 12.2 Å². The Hall–Kier alpha value is -1.50. The van der Waals surface area contributed by atoms with Crippen LogP contribution in [0.3, 0.4) is 0 Å². The summed E-state index contributed by atoms with van der Waals surface area (Å²) < 4.78 is 24.3. The van der Waals surface area contributed by atoms with Crippen LogP contribution in [-0.4, -0.2) is 48.6 Å². The molecule has 0 bridgehead atoms. The Morgan fingerprint density at radius 2 is 2.05 bits per heavy atom. The number of nitrogens with one attached hydrogen (secondary N) is 1. The third kappa shape index (κ3) is 2.54. The number of hydrogen-bond acceptors (Lipinski definition) is 4. The molecule has 3 rings (SSSR count). The molecule has 0 unspecified atom stereocenters. The molecule has 0 spiro atoms. The fourth-order valence-corrected chi connectivity index (χ4v) is 2.68. The summed E-state index contributed by atoms with van der Waals surface area (Å²) in [5.74, 6) is -0.676. The molecule has 6 heteroatoms. The molecule has 5 nitrogen and oxygen atoms in total. The van der Waals surface area contributed by atoms with Gasteiger partial charge in [0.05, 0.1) is 25.7 Å². The van der Waals surface area contributed by atoms with Crippen LogP contribution < -0.4 is 5.32 Å². The average molecular weight is 281 g/mol. The van der Waals surface area contributed by atoms with E-state index in [2.05, 4.69) is 5.32 Å². The summed E-state index contributed by atoms with van der Waals surface area (Å²) in [5, 5.41) is 12.4. The molecular formula is C14H16FNO4. The molecule has 2 saturated heterocycles. The Balaban J connectivity index is 1.59. The second kappa shape index (κ2) is 5.47. The van der Waals surface area contributed by atoms with Crippen molar-refractivity contribution < 1.29 is 23.8 Å². The zero-order valence-corrected chi connectivity index (χ0v) is 10.8. The minimum atomic E-state index is -0.645. The van der Waals surface area contributed by atoms with Crippen LogP contribution in [0.25, 0.3) is 0 Å². The van der Waals surface area contributed by atoms with Gasteiger partial charge in [-0.1, -0.05) is 18.2 Å². The fraction of sp³-hybridized carbons (Fsp3) is 0.500. The molecule has 2 aliphatic rings. The SMILES string of the molecule is O=C(Cc1ccccc1F)N[C@H]1CO[C@H]2[C@@H]1OC[C@H]2O. The zero-order valence-electron chi connectivity index (χ0n) is 10.8. The summed E-state index contributed by atoms with van der Waals surface area (Å²) in [5.41, 5.74) is 0.354. The first-order chi connectivity index (χ1) is 9.65. The molecule has 0 aliphatic carbocycles. The number of hydrogen-bond donors (Lipinski definition) is 2. The lowest BCUT2D eigenvalue weighted by molar-refractivity contribution is -0.121. The van der Waals surface area contributed by atoms with Crippen molar-refractivity contribution in [1.29, 1.82) is 0 Å². The number of aliphatic hydroxyl groups excluding tert-OH is 1. The van der Waals surface area contributed by atoms with E-state index in [1.165, 1.54) is 6.07 Å². The molecule has 2 fully saturated rings. The smallest absolute Gasteiger partial charge is 0.224 e. The van der Waals surface area contributed by atoms with E-state index >= 15 is 0 Å². The third-order valence-corrected chi connectivity index (χ3v) is 3.68. The van der Waals surface area contributed by atoms with E-state index in [0.717, 1.165) is 0 Å². The van der Waals surface area contributed by atoms with Gasteiger partial charge in [-0.3, -0.25) is 4.79 Å². The van der Waals surface area contributed by atoms with Gasteiger partial charge in [-0.2, -0.15) is 0 Å². The Labute approximate surface area is 115 Å². The molecule has 1 aromatic carbocycles. The molecular weight excluding hydrogens is 265 g/mol. The highest BCUT2D eigenvalue weighted by molar-refractivity contribution is 5.79. The van der Waals surface area contributed by atoms with Crippen LogP contribution in [0.15, 0.2) is 24.3 Å². The highest BCUT2D eigenvalue weighted by Crippen LogP contribution is 2.26. The minimum Gasteiger partial charge on any atom is -0.388 e. The molecule has 2 heterocycles. The van der Waals surface area contributed by atoms with Gasteiger partial charge in [-0.15, -0.1) is 0 Å². The molecule has 1 amide bonds. The van der Waals surface area contributed by atoms with Crippen LogP contribution >= 0.6 is 0 Å². The summed E-state index contributed by atoms with van der Waals surface area (Å²) in [7, 11) is 0. The maximum Gasteiger partial charge on any atom is 0.224 e. The summed E-state index contributed by atoms with van der Waals surface area (Å²) in [6.45, 7) is 0.518. The molecule has 1 aromatic rings. The topological polar surface area (TPSA) is 67.8 Å². The molecule has 20 heavy (non-hydrogen) atoms. The molecule has 108 valence electrons. The highest BCUT2D eigenvalue weighted by Gasteiger charge is 2.47. The number of carbonyl (C=O) groups excluding carboxylic acids is 1. The van der Waals surface area contributed by atoms with Crippen molar-refractivity contribution in [3.05, 3.63) is 35.6 Å². The molecule has 0 saturated carbocycles. The molecule has 4 atom stereocenters. The predicted molar refractivity (Wildman–Crippen MR) is 67.5 cm³/mol. The number of rotatable bonds is 3. The van der Waals surface area contributed by atoms with Crippen LogP contribution in [0.1, 0.15) is 5.56 Å². The van der Waals surface area contributed by atoms with Crippen molar-refractivity contribution in [1.82, 2.24) is 5.32 Å². The predicted octanol–water partition coefficient (Wildman–Crippen LogP) is 0.0115. The number of fused-ring (bicyclic) bond motifs is 1. The van der Waals surface area contributed by atoms with Crippen molar-refractivity contribution in [2.24, 2.45) is 0 Å². The lowest BCUT2D eigenvalue weighted by atomic mass is 10.1. The van der Waals surface area contributed by atoms with Crippen molar-refractivity contribution in [3.63, 3.8) is 0 Å². The Morgan fingerprint density at radius 1 is 1.30 bits per heavy atom. The van der Waals surface area contributed by atoms with Gasteiger partial charge in [-0.05, 0) is 11.6 Å².